The first-order valence-electron chi connectivity index (χ1n) is 6.25. The van der Waals surface area contributed by atoms with Gasteiger partial charge in [0.25, 0.3) is 5.91 Å². The third kappa shape index (κ3) is 4.16. The standard InChI is InChI=1S/C15H13N3O2S/c16-8-13(12-6-7-21-10-12)18-14(19)9-17-15(20)11-4-2-1-3-5-11/h1-7,10,13H,9H2,(H,17,20)(H,18,19)/t13-/m0/s1. The van der Waals surface area contributed by atoms with Crippen LogP contribution in [0.2, 0.25) is 0 Å². The molecule has 0 aliphatic rings. The second kappa shape index (κ2) is 7.22. The van der Waals surface area contributed by atoms with E-state index in [4.69, 9.17) is 5.26 Å². The van der Waals surface area contributed by atoms with Gasteiger partial charge in [0.1, 0.15) is 6.04 Å². The topological polar surface area (TPSA) is 82.0 Å². The first-order chi connectivity index (χ1) is 10.2. The van der Waals surface area contributed by atoms with E-state index in [9.17, 15) is 9.59 Å². The molecule has 0 saturated carbocycles. The highest BCUT2D eigenvalue weighted by atomic mass is 32.1. The molecule has 0 bridgehead atoms. The zero-order valence-corrected chi connectivity index (χ0v) is 11.9. The SMILES string of the molecule is N#C[C@H](NC(=O)CNC(=O)c1ccccc1)c1ccsc1. The zero-order chi connectivity index (χ0) is 15.1. The molecule has 0 aliphatic carbocycles. The molecule has 0 aliphatic heterocycles. The van der Waals surface area contributed by atoms with Crippen molar-refractivity contribution < 1.29 is 9.59 Å². The maximum atomic E-state index is 11.8. The largest absolute Gasteiger partial charge is 0.343 e. The Bertz CT molecular complexity index is 647. The molecule has 2 rings (SSSR count). The van der Waals surface area contributed by atoms with Crippen LogP contribution in [0.3, 0.4) is 0 Å². The van der Waals surface area contributed by atoms with Crippen molar-refractivity contribution in [3.05, 3.63) is 58.3 Å². The van der Waals surface area contributed by atoms with Gasteiger partial charge in [-0.25, -0.2) is 0 Å². The van der Waals surface area contributed by atoms with Crippen molar-refractivity contribution >= 4 is 23.2 Å². The molecule has 6 heteroatoms. The summed E-state index contributed by atoms with van der Waals surface area (Å²) in [5.41, 5.74) is 1.23. The summed E-state index contributed by atoms with van der Waals surface area (Å²) in [6.07, 6.45) is 0. The van der Waals surface area contributed by atoms with Crippen LogP contribution in [-0.2, 0) is 4.79 Å². The van der Waals surface area contributed by atoms with E-state index in [1.165, 1.54) is 11.3 Å². The van der Waals surface area contributed by atoms with Crippen molar-refractivity contribution in [3.8, 4) is 6.07 Å². The summed E-state index contributed by atoms with van der Waals surface area (Å²) >= 11 is 1.45. The lowest BCUT2D eigenvalue weighted by Gasteiger charge is -2.11. The number of hydrogen-bond acceptors (Lipinski definition) is 4. The maximum Gasteiger partial charge on any atom is 0.251 e. The monoisotopic (exact) mass is 299 g/mol. The molecule has 0 unspecified atom stereocenters. The van der Waals surface area contributed by atoms with Crippen LogP contribution in [0.15, 0.2) is 47.2 Å². The highest BCUT2D eigenvalue weighted by Crippen LogP contribution is 2.15. The summed E-state index contributed by atoms with van der Waals surface area (Å²) < 4.78 is 0. The van der Waals surface area contributed by atoms with E-state index in [0.717, 1.165) is 5.56 Å². The van der Waals surface area contributed by atoms with Gasteiger partial charge in [-0.3, -0.25) is 9.59 Å². The Morgan fingerprint density at radius 1 is 1.24 bits per heavy atom. The zero-order valence-electron chi connectivity index (χ0n) is 11.1. The van der Waals surface area contributed by atoms with Gasteiger partial charge in [0.15, 0.2) is 0 Å². The van der Waals surface area contributed by atoms with Gasteiger partial charge < -0.3 is 10.6 Å². The predicted molar refractivity (Wildman–Crippen MR) is 79.6 cm³/mol. The number of nitrogens with zero attached hydrogens (tertiary/aromatic N) is 1. The average molecular weight is 299 g/mol. The van der Waals surface area contributed by atoms with Crippen molar-refractivity contribution in [3.63, 3.8) is 0 Å². The second-order valence-electron chi connectivity index (χ2n) is 4.24. The molecule has 0 spiro atoms. The van der Waals surface area contributed by atoms with Gasteiger partial charge in [-0.15, -0.1) is 0 Å². The number of carbonyl (C=O) groups excluding carboxylic acids is 2. The van der Waals surface area contributed by atoms with Crippen molar-refractivity contribution in [1.82, 2.24) is 10.6 Å². The summed E-state index contributed by atoms with van der Waals surface area (Å²) in [5, 5.41) is 17.8. The van der Waals surface area contributed by atoms with Crippen LogP contribution in [0.1, 0.15) is 22.0 Å². The molecule has 0 radical (unpaired) electrons. The predicted octanol–water partition coefficient (Wildman–Crippen LogP) is 1.86. The van der Waals surface area contributed by atoms with E-state index < -0.39 is 11.9 Å². The molecule has 21 heavy (non-hydrogen) atoms. The molecule has 1 heterocycles. The minimum Gasteiger partial charge on any atom is -0.343 e. The number of carbonyl (C=O) groups is 2. The lowest BCUT2D eigenvalue weighted by molar-refractivity contribution is -0.120. The fourth-order valence-electron chi connectivity index (χ4n) is 1.69. The van der Waals surface area contributed by atoms with Crippen molar-refractivity contribution in [1.29, 1.82) is 5.26 Å². The Morgan fingerprint density at radius 2 is 2.00 bits per heavy atom. The van der Waals surface area contributed by atoms with Crippen LogP contribution in [0.25, 0.3) is 0 Å². The molecule has 2 N–H and O–H groups in total. The number of rotatable bonds is 5. The van der Waals surface area contributed by atoms with Gasteiger partial charge in [-0.1, -0.05) is 18.2 Å². The number of thiophene rings is 1. The Labute approximate surface area is 126 Å². The van der Waals surface area contributed by atoms with Crippen LogP contribution in [-0.4, -0.2) is 18.4 Å². The van der Waals surface area contributed by atoms with Gasteiger partial charge in [-0.05, 0) is 34.5 Å². The molecule has 0 saturated heterocycles. The normalized spacial score (nSPS) is 11.2. The molecular formula is C15H13N3O2S. The third-order valence-electron chi connectivity index (χ3n) is 2.76. The highest BCUT2D eigenvalue weighted by molar-refractivity contribution is 7.08. The molecule has 2 aromatic rings. The smallest absolute Gasteiger partial charge is 0.251 e. The summed E-state index contributed by atoms with van der Waals surface area (Å²) in [6.45, 7) is -0.171. The Kier molecular flexibility index (Phi) is 5.07. The summed E-state index contributed by atoms with van der Waals surface area (Å²) in [5.74, 6) is -0.730. The van der Waals surface area contributed by atoms with Crippen LogP contribution in [0, 0.1) is 11.3 Å². The molecule has 5 nitrogen and oxygen atoms in total. The molecule has 1 atom stereocenters. The highest BCUT2D eigenvalue weighted by Gasteiger charge is 2.14. The number of hydrogen-bond donors (Lipinski definition) is 2. The van der Waals surface area contributed by atoms with Gasteiger partial charge in [-0.2, -0.15) is 16.6 Å². The van der Waals surface area contributed by atoms with E-state index in [1.807, 2.05) is 17.5 Å². The molecule has 1 aromatic carbocycles. The van der Waals surface area contributed by atoms with Gasteiger partial charge in [0.2, 0.25) is 5.91 Å². The third-order valence-corrected chi connectivity index (χ3v) is 3.46. The maximum absolute atomic E-state index is 11.8. The Hall–Kier alpha value is -2.65. The van der Waals surface area contributed by atoms with E-state index in [-0.39, 0.29) is 12.5 Å². The summed E-state index contributed by atoms with van der Waals surface area (Å²) in [7, 11) is 0. The molecule has 106 valence electrons. The molecule has 1 aromatic heterocycles. The summed E-state index contributed by atoms with van der Waals surface area (Å²) in [6, 6.07) is 11.7. The van der Waals surface area contributed by atoms with E-state index >= 15 is 0 Å². The first kappa shape index (κ1) is 14.8. The Morgan fingerprint density at radius 3 is 2.62 bits per heavy atom. The van der Waals surface area contributed by atoms with Crippen molar-refractivity contribution in [2.45, 2.75) is 6.04 Å². The lowest BCUT2D eigenvalue weighted by Crippen LogP contribution is -2.38. The quantitative estimate of drug-likeness (QED) is 0.884. The Balaban J connectivity index is 1.85. The minimum absolute atomic E-state index is 0.171. The van der Waals surface area contributed by atoms with E-state index in [0.29, 0.717) is 5.56 Å². The van der Waals surface area contributed by atoms with E-state index in [1.54, 1.807) is 35.7 Å². The van der Waals surface area contributed by atoms with Crippen LogP contribution in [0.5, 0.6) is 0 Å². The second-order valence-corrected chi connectivity index (χ2v) is 5.02. The van der Waals surface area contributed by atoms with Gasteiger partial charge in [0.05, 0.1) is 12.6 Å². The molecule has 2 amide bonds. The van der Waals surface area contributed by atoms with Crippen LogP contribution < -0.4 is 10.6 Å². The van der Waals surface area contributed by atoms with E-state index in [2.05, 4.69) is 10.6 Å². The number of nitriles is 1. The lowest BCUT2D eigenvalue weighted by atomic mass is 10.2. The molecular weight excluding hydrogens is 286 g/mol. The van der Waals surface area contributed by atoms with Gasteiger partial charge >= 0.3 is 0 Å². The molecule has 0 fully saturated rings. The first-order valence-corrected chi connectivity index (χ1v) is 7.19. The number of nitrogens with one attached hydrogen (secondary N) is 2. The number of benzene rings is 1. The fraction of sp³-hybridized carbons (Fsp3) is 0.133. The number of amides is 2. The van der Waals surface area contributed by atoms with Crippen LogP contribution >= 0.6 is 11.3 Å². The van der Waals surface area contributed by atoms with Crippen LogP contribution in [0.4, 0.5) is 0 Å². The minimum atomic E-state index is -0.697. The van der Waals surface area contributed by atoms with Crippen molar-refractivity contribution in [2.24, 2.45) is 0 Å². The summed E-state index contributed by atoms with van der Waals surface area (Å²) in [4.78, 5) is 23.5. The fourth-order valence-corrected chi connectivity index (χ4v) is 2.38. The average Bonchev–Trinajstić information content (AvgIpc) is 3.05. The van der Waals surface area contributed by atoms with Gasteiger partial charge in [0, 0.05) is 5.56 Å². The van der Waals surface area contributed by atoms with Crippen molar-refractivity contribution in [2.75, 3.05) is 6.54 Å².